The molecule has 1 heterocycles. The highest BCUT2D eigenvalue weighted by atomic mass is 16.6. The zero-order chi connectivity index (χ0) is 17.4. The summed E-state index contributed by atoms with van der Waals surface area (Å²) in [7, 11) is 0. The van der Waals surface area contributed by atoms with E-state index in [-0.39, 0.29) is 10.6 Å². The molecule has 2 aromatic carbocycles. The highest BCUT2D eigenvalue weighted by molar-refractivity contribution is 5.71. The standard InChI is InChI=1S/C19H19N3O2/c1-12-8-9-17(10-13(12)2)21-15(4)19(14(3)20-21)16-6-5-7-18(11-16)22(23)24/h5-11H,1-4H3. The van der Waals surface area contributed by atoms with Gasteiger partial charge in [0.05, 0.1) is 16.3 Å². The number of aryl methyl sites for hydroxylation is 3. The van der Waals surface area contributed by atoms with Crippen LogP contribution < -0.4 is 0 Å². The van der Waals surface area contributed by atoms with Crippen LogP contribution in [0.1, 0.15) is 22.5 Å². The molecular weight excluding hydrogens is 302 g/mol. The van der Waals surface area contributed by atoms with E-state index in [1.165, 1.54) is 17.2 Å². The average Bonchev–Trinajstić information content (AvgIpc) is 2.85. The van der Waals surface area contributed by atoms with Crippen molar-refractivity contribution in [1.29, 1.82) is 0 Å². The van der Waals surface area contributed by atoms with Gasteiger partial charge in [0.25, 0.3) is 5.69 Å². The van der Waals surface area contributed by atoms with Crippen LogP contribution in [0, 0.1) is 37.8 Å². The topological polar surface area (TPSA) is 61.0 Å². The second-order valence-corrected chi connectivity index (χ2v) is 6.03. The molecule has 0 radical (unpaired) electrons. The van der Waals surface area contributed by atoms with Crippen molar-refractivity contribution >= 4 is 5.69 Å². The Morgan fingerprint density at radius 3 is 2.42 bits per heavy atom. The first kappa shape index (κ1) is 15.9. The van der Waals surface area contributed by atoms with Gasteiger partial charge in [-0.25, -0.2) is 4.68 Å². The fraction of sp³-hybridized carbons (Fsp3) is 0.211. The number of non-ortho nitro benzene ring substituents is 1. The molecule has 0 amide bonds. The van der Waals surface area contributed by atoms with Crippen molar-refractivity contribution in [3.63, 3.8) is 0 Å². The highest BCUT2D eigenvalue weighted by Gasteiger charge is 2.17. The van der Waals surface area contributed by atoms with Crippen LogP contribution in [0.4, 0.5) is 5.69 Å². The summed E-state index contributed by atoms with van der Waals surface area (Å²) in [5, 5.41) is 15.7. The fourth-order valence-corrected chi connectivity index (χ4v) is 2.94. The summed E-state index contributed by atoms with van der Waals surface area (Å²) in [6.07, 6.45) is 0. The van der Waals surface area contributed by atoms with E-state index in [9.17, 15) is 10.1 Å². The number of rotatable bonds is 3. The van der Waals surface area contributed by atoms with Crippen LogP contribution in [0.3, 0.4) is 0 Å². The van der Waals surface area contributed by atoms with Crippen molar-refractivity contribution in [1.82, 2.24) is 9.78 Å². The van der Waals surface area contributed by atoms with E-state index in [1.807, 2.05) is 30.7 Å². The molecule has 0 fully saturated rings. The summed E-state index contributed by atoms with van der Waals surface area (Å²) >= 11 is 0. The summed E-state index contributed by atoms with van der Waals surface area (Å²) in [5.74, 6) is 0. The molecule has 0 spiro atoms. The average molecular weight is 321 g/mol. The Labute approximate surface area is 140 Å². The number of hydrogen-bond acceptors (Lipinski definition) is 3. The first-order valence-corrected chi connectivity index (χ1v) is 7.77. The zero-order valence-corrected chi connectivity index (χ0v) is 14.2. The summed E-state index contributed by atoms with van der Waals surface area (Å²) in [4.78, 5) is 10.7. The maximum atomic E-state index is 11.0. The predicted octanol–water partition coefficient (Wildman–Crippen LogP) is 4.68. The third kappa shape index (κ3) is 2.69. The molecule has 3 aromatic rings. The van der Waals surface area contributed by atoms with E-state index in [1.54, 1.807) is 12.1 Å². The smallest absolute Gasteiger partial charge is 0.258 e. The van der Waals surface area contributed by atoms with Gasteiger partial charge in [-0.15, -0.1) is 0 Å². The van der Waals surface area contributed by atoms with Crippen molar-refractivity contribution in [2.45, 2.75) is 27.7 Å². The Hall–Kier alpha value is -2.95. The van der Waals surface area contributed by atoms with Crippen LogP contribution in [0.2, 0.25) is 0 Å². The van der Waals surface area contributed by atoms with Crippen molar-refractivity contribution in [2.24, 2.45) is 0 Å². The minimum atomic E-state index is -0.373. The third-order valence-corrected chi connectivity index (χ3v) is 4.37. The lowest BCUT2D eigenvalue weighted by atomic mass is 10.0. The van der Waals surface area contributed by atoms with Crippen molar-refractivity contribution in [2.75, 3.05) is 0 Å². The molecule has 5 nitrogen and oxygen atoms in total. The Bertz CT molecular complexity index is 942. The van der Waals surface area contributed by atoms with Gasteiger partial charge in [-0.2, -0.15) is 5.10 Å². The van der Waals surface area contributed by atoms with Crippen LogP contribution >= 0.6 is 0 Å². The van der Waals surface area contributed by atoms with Gasteiger partial charge in [-0.1, -0.05) is 18.2 Å². The molecule has 0 aliphatic carbocycles. The highest BCUT2D eigenvalue weighted by Crippen LogP contribution is 2.31. The SMILES string of the molecule is Cc1ccc(-n2nc(C)c(-c3cccc([N+](=O)[O-])c3)c2C)cc1C. The van der Waals surface area contributed by atoms with Crippen molar-refractivity contribution in [3.05, 3.63) is 75.1 Å². The molecule has 5 heteroatoms. The van der Waals surface area contributed by atoms with Gasteiger partial charge >= 0.3 is 0 Å². The molecule has 0 atom stereocenters. The van der Waals surface area contributed by atoms with E-state index in [2.05, 4.69) is 31.1 Å². The molecule has 122 valence electrons. The molecule has 0 aliphatic rings. The molecule has 1 aromatic heterocycles. The van der Waals surface area contributed by atoms with Crippen LogP contribution in [0.25, 0.3) is 16.8 Å². The zero-order valence-electron chi connectivity index (χ0n) is 14.2. The lowest BCUT2D eigenvalue weighted by Gasteiger charge is -2.08. The largest absolute Gasteiger partial charge is 0.270 e. The van der Waals surface area contributed by atoms with Crippen LogP contribution in [0.15, 0.2) is 42.5 Å². The first-order valence-electron chi connectivity index (χ1n) is 7.77. The number of nitro groups is 1. The maximum absolute atomic E-state index is 11.0. The van der Waals surface area contributed by atoms with E-state index in [0.717, 1.165) is 28.2 Å². The summed E-state index contributed by atoms with van der Waals surface area (Å²) in [6, 6.07) is 12.9. The third-order valence-electron chi connectivity index (χ3n) is 4.37. The fourth-order valence-electron chi connectivity index (χ4n) is 2.94. The van der Waals surface area contributed by atoms with Crippen molar-refractivity contribution < 1.29 is 4.92 Å². The molecule has 0 saturated carbocycles. The van der Waals surface area contributed by atoms with Crippen LogP contribution in [-0.4, -0.2) is 14.7 Å². The number of hydrogen-bond donors (Lipinski definition) is 0. The van der Waals surface area contributed by atoms with Crippen molar-refractivity contribution in [3.8, 4) is 16.8 Å². The molecular formula is C19H19N3O2. The number of nitrogens with zero attached hydrogens (tertiary/aromatic N) is 3. The van der Waals surface area contributed by atoms with Gasteiger partial charge in [0.2, 0.25) is 0 Å². The first-order chi connectivity index (χ1) is 11.4. The van der Waals surface area contributed by atoms with E-state index in [4.69, 9.17) is 0 Å². The van der Waals surface area contributed by atoms with E-state index >= 15 is 0 Å². The minimum absolute atomic E-state index is 0.0882. The normalized spacial score (nSPS) is 10.8. The quantitative estimate of drug-likeness (QED) is 0.520. The summed E-state index contributed by atoms with van der Waals surface area (Å²) in [5.41, 5.74) is 7.10. The maximum Gasteiger partial charge on any atom is 0.270 e. The lowest BCUT2D eigenvalue weighted by Crippen LogP contribution is -2.00. The summed E-state index contributed by atoms with van der Waals surface area (Å²) in [6.45, 7) is 8.07. The second kappa shape index (κ2) is 5.92. The van der Waals surface area contributed by atoms with Gasteiger partial charge in [0.15, 0.2) is 0 Å². The van der Waals surface area contributed by atoms with Gasteiger partial charge in [0, 0.05) is 23.4 Å². The Kier molecular flexibility index (Phi) is 3.93. The Morgan fingerprint density at radius 2 is 1.75 bits per heavy atom. The Balaban J connectivity index is 2.15. The van der Waals surface area contributed by atoms with Gasteiger partial charge < -0.3 is 0 Å². The molecule has 0 saturated heterocycles. The second-order valence-electron chi connectivity index (χ2n) is 6.03. The number of nitro benzene ring substituents is 1. The lowest BCUT2D eigenvalue weighted by molar-refractivity contribution is -0.384. The molecule has 0 unspecified atom stereocenters. The van der Waals surface area contributed by atoms with E-state index < -0.39 is 0 Å². The molecule has 0 N–H and O–H groups in total. The van der Waals surface area contributed by atoms with Gasteiger partial charge in [-0.3, -0.25) is 10.1 Å². The molecule has 0 aliphatic heterocycles. The molecule has 24 heavy (non-hydrogen) atoms. The van der Waals surface area contributed by atoms with Gasteiger partial charge in [0.1, 0.15) is 0 Å². The van der Waals surface area contributed by atoms with Gasteiger partial charge in [-0.05, 0) is 56.5 Å². The summed E-state index contributed by atoms with van der Waals surface area (Å²) < 4.78 is 1.90. The molecule has 3 rings (SSSR count). The Morgan fingerprint density at radius 1 is 1.00 bits per heavy atom. The predicted molar refractivity (Wildman–Crippen MR) is 94.6 cm³/mol. The molecule has 0 bridgehead atoms. The van der Waals surface area contributed by atoms with Crippen LogP contribution in [-0.2, 0) is 0 Å². The minimum Gasteiger partial charge on any atom is -0.258 e. The number of aromatic nitrogens is 2. The monoisotopic (exact) mass is 321 g/mol. The van der Waals surface area contributed by atoms with E-state index in [0.29, 0.717) is 0 Å². The number of benzene rings is 2. The van der Waals surface area contributed by atoms with Crippen LogP contribution in [0.5, 0.6) is 0 Å².